The van der Waals surface area contributed by atoms with Gasteiger partial charge in [0.15, 0.2) is 0 Å². The summed E-state index contributed by atoms with van der Waals surface area (Å²) in [5.74, 6) is 0. The van der Waals surface area contributed by atoms with Gasteiger partial charge in [0.05, 0.1) is 16.5 Å². The molecular formula is C69H55N. The average Bonchev–Trinajstić information content (AvgIpc) is 3.95. The van der Waals surface area contributed by atoms with Crippen LogP contribution in [0.1, 0.15) is 89.8 Å². The summed E-state index contributed by atoms with van der Waals surface area (Å²) in [6, 6.07) is 93.7. The Morgan fingerprint density at radius 3 is 1.33 bits per heavy atom. The van der Waals surface area contributed by atoms with Gasteiger partial charge in [0.25, 0.3) is 0 Å². The molecule has 70 heavy (non-hydrogen) atoms. The quantitative estimate of drug-likeness (QED) is 0.147. The van der Waals surface area contributed by atoms with E-state index in [-0.39, 0.29) is 10.8 Å². The van der Waals surface area contributed by atoms with Crippen LogP contribution in [0, 0.1) is 0 Å². The second-order valence-electron chi connectivity index (χ2n) is 21.1. The van der Waals surface area contributed by atoms with Gasteiger partial charge in [-0.1, -0.05) is 240 Å². The Kier molecular flexibility index (Phi) is 9.49. The van der Waals surface area contributed by atoms with Crippen molar-refractivity contribution < 1.29 is 0 Å². The van der Waals surface area contributed by atoms with E-state index in [9.17, 15) is 0 Å². The van der Waals surface area contributed by atoms with Crippen molar-refractivity contribution in [2.75, 3.05) is 4.90 Å². The highest BCUT2D eigenvalue weighted by Gasteiger charge is 2.52. The van der Waals surface area contributed by atoms with E-state index in [0.29, 0.717) is 0 Å². The standard InChI is InChI=1S/C69H55N/c1-66(2)46-67(3,4)63-45-61-58(44-62(63)66)57-34-22-36-64(65(57)69(61,51-29-16-8-17-30-51)52-31-18-9-19-32-52)70(53-39-37-48(38-40-53)47-23-10-5-11-24-47)54-41-42-56-55-33-20-21-35-59(55)68(60(56)43-54,49-25-12-6-13-26-49)50-27-14-7-15-28-50/h5-45H,46H2,1-4H3. The number of hydrogen-bond donors (Lipinski definition) is 0. The van der Waals surface area contributed by atoms with Gasteiger partial charge in [-0.25, -0.2) is 0 Å². The summed E-state index contributed by atoms with van der Waals surface area (Å²) >= 11 is 0. The molecule has 0 bridgehead atoms. The molecule has 0 fully saturated rings. The van der Waals surface area contributed by atoms with Gasteiger partial charge in [0, 0.05) is 16.9 Å². The summed E-state index contributed by atoms with van der Waals surface area (Å²) < 4.78 is 0. The van der Waals surface area contributed by atoms with Crippen LogP contribution in [0.15, 0.2) is 249 Å². The first-order valence-electron chi connectivity index (χ1n) is 25.0. The molecule has 1 heteroatoms. The first kappa shape index (κ1) is 42.1. The van der Waals surface area contributed by atoms with Gasteiger partial charge in [0.2, 0.25) is 0 Å². The average molecular weight is 898 g/mol. The zero-order chi connectivity index (χ0) is 47.2. The highest BCUT2D eigenvalue weighted by Crippen LogP contribution is 2.64. The van der Waals surface area contributed by atoms with Crippen LogP contribution < -0.4 is 4.90 Å². The molecule has 10 aromatic carbocycles. The summed E-state index contributed by atoms with van der Waals surface area (Å²) in [5.41, 5.74) is 23.0. The molecular weight excluding hydrogens is 843 g/mol. The Labute approximate surface area is 413 Å². The third-order valence-corrected chi connectivity index (χ3v) is 16.2. The fraction of sp³-hybridized carbons (Fsp3) is 0.130. The van der Waals surface area contributed by atoms with E-state index in [1.54, 1.807) is 0 Å². The van der Waals surface area contributed by atoms with Gasteiger partial charge in [-0.3, -0.25) is 0 Å². The van der Waals surface area contributed by atoms with E-state index in [0.717, 1.165) is 23.5 Å². The van der Waals surface area contributed by atoms with E-state index >= 15 is 0 Å². The lowest BCUT2D eigenvalue weighted by Gasteiger charge is -2.39. The van der Waals surface area contributed by atoms with Crippen LogP contribution in [-0.4, -0.2) is 0 Å². The van der Waals surface area contributed by atoms with Crippen molar-refractivity contribution in [3.63, 3.8) is 0 Å². The number of rotatable bonds is 8. The van der Waals surface area contributed by atoms with Crippen LogP contribution >= 0.6 is 0 Å². The van der Waals surface area contributed by atoms with Crippen molar-refractivity contribution in [2.24, 2.45) is 0 Å². The second-order valence-corrected chi connectivity index (χ2v) is 21.1. The largest absolute Gasteiger partial charge is 0.310 e. The predicted octanol–water partition coefficient (Wildman–Crippen LogP) is 17.5. The van der Waals surface area contributed by atoms with Crippen LogP contribution in [0.5, 0.6) is 0 Å². The van der Waals surface area contributed by atoms with Gasteiger partial charge in [-0.2, -0.15) is 0 Å². The SMILES string of the molecule is CC1(C)CC(C)(C)c2cc3c(cc21)-c1cccc(N(c2ccc(-c4ccccc4)cc2)c2ccc4c(c2)C(c2ccccc2)(c2ccccc2)c2ccccc2-4)c1C3(c1ccccc1)c1ccccc1. The third kappa shape index (κ3) is 6.04. The maximum atomic E-state index is 2.63. The van der Waals surface area contributed by atoms with Gasteiger partial charge < -0.3 is 4.90 Å². The molecule has 0 spiro atoms. The maximum absolute atomic E-state index is 2.63. The van der Waals surface area contributed by atoms with E-state index in [1.807, 2.05) is 0 Å². The number of anilines is 3. The minimum atomic E-state index is -0.644. The normalized spacial score (nSPS) is 15.8. The smallest absolute Gasteiger partial charge is 0.0734 e. The first-order chi connectivity index (χ1) is 34.2. The summed E-state index contributed by atoms with van der Waals surface area (Å²) in [5, 5.41) is 0. The molecule has 0 aliphatic heterocycles. The van der Waals surface area contributed by atoms with Crippen LogP contribution in [0.2, 0.25) is 0 Å². The number of hydrogen-bond acceptors (Lipinski definition) is 1. The Hall–Kier alpha value is -8.00. The highest BCUT2D eigenvalue weighted by atomic mass is 15.1. The Morgan fingerprint density at radius 1 is 0.300 bits per heavy atom. The van der Waals surface area contributed by atoms with Crippen molar-refractivity contribution in [1.82, 2.24) is 0 Å². The lowest BCUT2D eigenvalue weighted by atomic mass is 9.66. The minimum Gasteiger partial charge on any atom is -0.310 e. The fourth-order valence-corrected chi connectivity index (χ4v) is 13.6. The molecule has 0 radical (unpaired) electrons. The summed E-state index contributed by atoms with van der Waals surface area (Å²) in [7, 11) is 0. The third-order valence-electron chi connectivity index (χ3n) is 16.2. The van der Waals surface area contributed by atoms with Crippen molar-refractivity contribution in [3.05, 3.63) is 304 Å². The summed E-state index contributed by atoms with van der Waals surface area (Å²) in [4.78, 5) is 2.58. The Bertz CT molecular complexity index is 3510. The molecule has 0 unspecified atom stereocenters. The van der Waals surface area contributed by atoms with E-state index in [1.165, 1.54) is 89.0 Å². The van der Waals surface area contributed by atoms with E-state index in [2.05, 4.69) is 281 Å². The minimum absolute atomic E-state index is 0.0170. The molecule has 10 aromatic rings. The Balaban J connectivity index is 1.14. The molecule has 0 saturated heterocycles. The predicted molar refractivity (Wildman–Crippen MR) is 292 cm³/mol. The van der Waals surface area contributed by atoms with Crippen molar-refractivity contribution >= 4 is 17.1 Å². The number of benzene rings is 10. The maximum Gasteiger partial charge on any atom is 0.0734 e. The van der Waals surface area contributed by atoms with Crippen LogP contribution in [0.4, 0.5) is 17.1 Å². The molecule has 3 aliphatic carbocycles. The molecule has 3 aliphatic rings. The molecule has 0 atom stereocenters. The van der Waals surface area contributed by atoms with Crippen LogP contribution in [0.3, 0.4) is 0 Å². The van der Waals surface area contributed by atoms with Crippen LogP contribution in [-0.2, 0) is 21.7 Å². The lowest BCUT2D eigenvalue weighted by molar-refractivity contribution is 0.403. The summed E-state index contributed by atoms with van der Waals surface area (Å²) in [6.45, 7) is 9.79. The molecule has 0 N–H and O–H groups in total. The van der Waals surface area contributed by atoms with Gasteiger partial charge >= 0.3 is 0 Å². The fourth-order valence-electron chi connectivity index (χ4n) is 13.6. The molecule has 1 nitrogen and oxygen atoms in total. The molecule has 0 heterocycles. The van der Waals surface area contributed by atoms with Gasteiger partial charge in [-0.15, -0.1) is 0 Å². The van der Waals surface area contributed by atoms with E-state index < -0.39 is 10.8 Å². The molecule has 0 aromatic heterocycles. The number of fused-ring (bicyclic) bond motifs is 7. The van der Waals surface area contributed by atoms with Crippen molar-refractivity contribution in [1.29, 1.82) is 0 Å². The zero-order valence-corrected chi connectivity index (χ0v) is 40.3. The van der Waals surface area contributed by atoms with Crippen molar-refractivity contribution in [2.45, 2.75) is 55.8 Å². The zero-order valence-electron chi connectivity index (χ0n) is 40.3. The van der Waals surface area contributed by atoms with Gasteiger partial charge in [0.1, 0.15) is 0 Å². The monoisotopic (exact) mass is 897 g/mol. The Morgan fingerprint density at radius 2 is 0.743 bits per heavy atom. The summed E-state index contributed by atoms with van der Waals surface area (Å²) in [6.07, 6.45) is 1.11. The van der Waals surface area contributed by atoms with Gasteiger partial charge in [-0.05, 0) is 137 Å². The van der Waals surface area contributed by atoms with E-state index in [4.69, 9.17) is 0 Å². The lowest BCUT2D eigenvalue weighted by Crippen LogP contribution is -2.31. The molecule has 336 valence electrons. The second kappa shape index (κ2) is 15.8. The topological polar surface area (TPSA) is 3.24 Å². The molecule has 0 amide bonds. The van der Waals surface area contributed by atoms with Crippen molar-refractivity contribution in [3.8, 4) is 33.4 Å². The first-order valence-corrected chi connectivity index (χ1v) is 25.0. The molecule has 0 saturated carbocycles. The number of nitrogens with zero attached hydrogens (tertiary/aromatic N) is 1. The van der Waals surface area contributed by atoms with Crippen LogP contribution in [0.25, 0.3) is 33.4 Å². The molecule has 13 rings (SSSR count). The highest BCUT2D eigenvalue weighted by molar-refractivity contribution is 5.96.